The monoisotopic (exact) mass is 285 g/mol. The van der Waals surface area contributed by atoms with Crippen LogP contribution in [0.3, 0.4) is 0 Å². The Morgan fingerprint density at radius 2 is 2.38 bits per heavy atom. The van der Waals surface area contributed by atoms with Gasteiger partial charge in [0.05, 0.1) is 11.8 Å². The average molecular weight is 286 g/mol. The lowest BCUT2D eigenvalue weighted by atomic mass is 9.87. The first kappa shape index (κ1) is 11.7. The number of furan rings is 1. The van der Waals surface area contributed by atoms with E-state index in [1.165, 1.54) is 19.1 Å². The number of carbonyl (C=O) groups is 1. The van der Waals surface area contributed by atoms with Gasteiger partial charge in [0, 0.05) is 6.04 Å². The lowest BCUT2D eigenvalue weighted by Crippen LogP contribution is -2.37. The molecule has 0 bridgehead atoms. The number of hydrogen-bond donors (Lipinski definition) is 1. The maximum absolute atomic E-state index is 11.9. The fraction of sp³-hybridized carbons (Fsp3) is 0.583. The van der Waals surface area contributed by atoms with Crippen LogP contribution in [0.1, 0.15) is 43.0 Å². The van der Waals surface area contributed by atoms with Crippen molar-refractivity contribution < 1.29 is 9.21 Å². The molecule has 1 aliphatic rings. The van der Waals surface area contributed by atoms with Crippen molar-refractivity contribution in [2.75, 3.05) is 0 Å². The molecule has 1 aromatic heterocycles. The topological polar surface area (TPSA) is 42.2 Å². The summed E-state index contributed by atoms with van der Waals surface area (Å²) in [5, 5.41) is 3.06. The number of hydrogen-bond acceptors (Lipinski definition) is 2. The lowest BCUT2D eigenvalue weighted by molar-refractivity contribution is 0.0919. The summed E-state index contributed by atoms with van der Waals surface area (Å²) in [6.45, 7) is 2.24. The zero-order chi connectivity index (χ0) is 11.5. The lowest BCUT2D eigenvalue weighted by Gasteiger charge is -2.27. The number of carbonyl (C=O) groups excluding carboxylic acids is 1. The Morgan fingerprint density at radius 1 is 1.56 bits per heavy atom. The summed E-state index contributed by atoms with van der Waals surface area (Å²) in [5.41, 5.74) is 0.582. The largest absolute Gasteiger partial charge is 0.457 e. The van der Waals surface area contributed by atoms with E-state index >= 15 is 0 Å². The van der Waals surface area contributed by atoms with E-state index in [0.717, 1.165) is 12.8 Å². The van der Waals surface area contributed by atoms with Crippen molar-refractivity contribution in [3.63, 3.8) is 0 Å². The molecule has 3 nitrogen and oxygen atoms in total. The fourth-order valence-electron chi connectivity index (χ4n) is 2.28. The van der Waals surface area contributed by atoms with Crippen molar-refractivity contribution >= 4 is 21.8 Å². The number of amides is 1. The van der Waals surface area contributed by atoms with Crippen LogP contribution in [0, 0.1) is 5.92 Å². The molecule has 0 aromatic carbocycles. The summed E-state index contributed by atoms with van der Waals surface area (Å²) < 4.78 is 5.56. The van der Waals surface area contributed by atoms with Gasteiger partial charge in [-0.15, -0.1) is 0 Å². The van der Waals surface area contributed by atoms with Crippen molar-refractivity contribution in [2.45, 2.75) is 38.6 Å². The minimum Gasteiger partial charge on any atom is -0.457 e. The van der Waals surface area contributed by atoms with Crippen LogP contribution in [0.5, 0.6) is 0 Å². The molecule has 1 saturated carbocycles. The Balaban J connectivity index is 1.95. The highest BCUT2D eigenvalue weighted by molar-refractivity contribution is 9.10. The molecule has 4 heteroatoms. The van der Waals surface area contributed by atoms with Crippen LogP contribution in [-0.4, -0.2) is 11.9 Å². The van der Waals surface area contributed by atoms with Gasteiger partial charge in [0.25, 0.3) is 5.91 Å². The highest BCUT2D eigenvalue weighted by Gasteiger charge is 2.22. The second-order valence-electron chi connectivity index (χ2n) is 4.55. The molecule has 0 saturated heterocycles. The number of rotatable bonds is 2. The van der Waals surface area contributed by atoms with Gasteiger partial charge >= 0.3 is 0 Å². The van der Waals surface area contributed by atoms with Gasteiger partial charge in [0.1, 0.15) is 0 Å². The van der Waals surface area contributed by atoms with E-state index in [1.54, 1.807) is 6.07 Å². The second-order valence-corrected chi connectivity index (χ2v) is 5.27. The van der Waals surface area contributed by atoms with E-state index in [9.17, 15) is 4.79 Å². The second kappa shape index (κ2) is 5.04. The fourth-order valence-corrected chi connectivity index (χ4v) is 2.70. The third kappa shape index (κ3) is 2.67. The first-order valence-electron chi connectivity index (χ1n) is 5.70. The SMILES string of the molecule is CC1CCCC(NC(=O)c2ccoc2Br)C1. The minimum atomic E-state index is -0.0419. The summed E-state index contributed by atoms with van der Waals surface area (Å²) in [5.74, 6) is 0.673. The summed E-state index contributed by atoms with van der Waals surface area (Å²) in [6, 6.07) is 2.00. The van der Waals surface area contributed by atoms with E-state index < -0.39 is 0 Å². The van der Waals surface area contributed by atoms with E-state index in [2.05, 4.69) is 28.2 Å². The molecule has 0 aliphatic heterocycles. The van der Waals surface area contributed by atoms with E-state index in [4.69, 9.17) is 4.42 Å². The number of nitrogens with one attached hydrogen (secondary N) is 1. The van der Waals surface area contributed by atoms with Gasteiger partial charge in [-0.3, -0.25) is 4.79 Å². The molecule has 1 amide bonds. The Labute approximate surface area is 104 Å². The molecule has 1 aromatic rings. The summed E-state index contributed by atoms with van der Waals surface area (Å²) in [6.07, 6.45) is 6.18. The molecule has 16 heavy (non-hydrogen) atoms. The molecule has 88 valence electrons. The Hall–Kier alpha value is -0.770. The first-order chi connectivity index (χ1) is 7.66. The zero-order valence-electron chi connectivity index (χ0n) is 9.33. The Bertz CT molecular complexity index is 375. The van der Waals surface area contributed by atoms with E-state index in [0.29, 0.717) is 22.2 Å². The van der Waals surface area contributed by atoms with Crippen molar-refractivity contribution in [1.29, 1.82) is 0 Å². The summed E-state index contributed by atoms with van der Waals surface area (Å²) in [7, 11) is 0. The van der Waals surface area contributed by atoms with E-state index in [-0.39, 0.29) is 5.91 Å². The quantitative estimate of drug-likeness (QED) is 0.906. The Kier molecular flexibility index (Phi) is 3.69. The van der Waals surface area contributed by atoms with Crippen molar-refractivity contribution in [2.24, 2.45) is 5.92 Å². The molecule has 2 unspecified atom stereocenters. The van der Waals surface area contributed by atoms with Crippen LogP contribution in [0.4, 0.5) is 0 Å². The predicted molar refractivity (Wildman–Crippen MR) is 65.3 cm³/mol. The molecule has 1 aliphatic carbocycles. The third-order valence-electron chi connectivity index (χ3n) is 3.13. The maximum atomic E-state index is 11.9. The van der Waals surface area contributed by atoms with Crippen LogP contribution in [0.25, 0.3) is 0 Å². The van der Waals surface area contributed by atoms with Crippen LogP contribution < -0.4 is 5.32 Å². The smallest absolute Gasteiger partial charge is 0.255 e. The van der Waals surface area contributed by atoms with Gasteiger partial charge in [0.15, 0.2) is 4.67 Å². The molecule has 0 radical (unpaired) electrons. The highest BCUT2D eigenvalue weighted by atomic mass is 79.9. The summed E-state index contributed by atoms with van der Waals surface area (Å²) in [4.78, 5) is 11.9. The van der Waals surface area contributed by atoms with Crippen molar-refractivity contribution in [3.8, 4) is 0 Å². The van der Waals surface area contributed by atoms with Gasteiger partial charge in [0.2, 0.25) is 0 Å². The predicted octanol–water partition coefficient (Wildman–Crippen LogP) is 3.35. The van der Waals surface area contributed by atoms with Gasteiger partial charge in [-0.1, -0.05) is 19.8 Å². The standard InChI is InChI=1S/C12H16BrNO2/c1-8-3-2-4-9(7-8)14-12(15)10-5-6-16-11(10)13/h5-6,8-9H,2-4,7H2,1H3,(H,14,15). The van der Waals surface area contributed by atoms with Crippen LogP contribution in [0.2, 0.25) is 0 Å². The Morgan fingerprint density at radius 3 is 3.00 bits per heavy atom. The molecule has 2 atom stereocenters. The normalized spacial score (nSPS) is 25.4. The maximum Gasteiger partial charge on any atom is 0.255 e. The molecule has 1 heterocycles. The summed E-state index contributed by atoms with van der Waals surface area (Å²) >= 11 is 3.22. The van der Waals surface area contributed by atoms with Gasteiger partial charge in [-0.2, -0.15) is 0 Å². The molecular weight excluding hydrogens is 270 g/mol. The molecular formula is C12H16BrNO2. The number of halogens is 1. The minimum absolute atomic E-state index is 0.0419. The van der Waals surface area contributed by atoms with Crippen LogP contribution >= 0.6 is 15.9 Å². The van der Waals surface area contributed by atoms with E-state index in [1.807, 2.05) is 0 Å². The van der Waals surface area contributed by atoms with Gasteiger partial charge < -0.3 is 9.73 Å². The highest BCUT2D eigenvalue weighted by Crippen LogP contribution is 2.24. The third-order valence-corrected chi connectivity index (χ3v) is 3.75. The molecule has 1 fully saturated rings. The molecule has 0 spiro atoms. The van der Waals surface area contributed by atoms with Crippen LogP contribution in [0.15, 0.2) is 21.4 Å². The van der Waals surface area contributed by atoms with Crippen LogP contribution in [-0.2, 0) is 0 Å². The zero-order valence-corrected chi connectivity index (χ0v) is 10.9. The van der Waals surface area contributed by atoms with Crippen molar-refractivity contribution in [1.82, 2.24) is 5.32 Å². The van der Waals surface area contributed by atoms with Gasteiger partial charge in [-0.05, 0) is 40.8 Å². The molecule has 1 N–H and O–H groups in total. The first-order valence-corrected chi connectivity index (χ1v) is 6.50. The van der Waals surface area contributed by atoms with Crippen molar-refractivity contribution in [3.05, 3.63) is 22.6 Å². The average Bonchev–Trinajstić information content (AvgIpc) is 2.64. The molecule has 2 rings (SSSR count). The van der Waals surface area contributed by atoms with Gasteiger partial charge in [-0.25, -0.2) is 0 Å².